The third kappa shape index (κ3) is 4.23. The van der Waals surface area contributed by atoms with Gasteiger partial charge in [-0.1, -0.05) is 0 Å². The lowest BCUT2D eigenvalue weighted by Gasteiger charge is -2.20. The highest BCUT2D eigenvalue weighted by Crippen LogP contribution is 2.31. The van der Waals surface area contributed by atoms with Gasteiger partial charge < -0.3 is 16.0 Å². The molecular formula is C14H21F3N4. The summed E-state index contributed by atoms with van der Waals surface area (Å²) >= 11 is 0. The number of hydrogen-bond donors (Lipinski definition) is 2. The predicted molar refractivity (Wildman–Crippen MR) is 77.0 cm³/mol. The largest absolute Gasteiger partial charge is 0.416 e. The molecule has 1 aromatic rings. The van der Waals surface area contributed by atoms with Crippen LogP contribution in [-0.4, -0.2) is 35.6 Å². The van der Waals surface area contributed by atoms with E-state index < -0.39 is 11.7 Å². The van der Waals surface area contributed by atoms with Crippen LogP contribution < -0.4 is 11.1 Å². The van der Waals surface area contributed by atoms with Gasteiger partial charge in [0.1, 0.15) is 11.6 Å². The molecule has 2 heterocycles. The molecule has 7 heteroatoms. The third-order valence-electron chi connectivity index (χ3n) is 3.79. The normalized spacial score (nSPS) is 20.2. The zero-order chi connectivity index (χ0) is 15.6. The first kappa shape index (κ1) is 15.9. The van der Waals surface area contributed by atoms with Gasteiger partial charge in [0.15, 0.2) is 0 Å². The van der Waals surface area contributed by atoms with Gasteiger partial charge in [-0.3, -0.25) is 0 Å². The molecule has 2 rings (SSSR count). The summed E-state index contributed by atoms with van der Waals surface area (Å²) in [4.78, 5) is 6.28. The molecule has 1 aromatic heterocycles. The maximum atomic E-state index is 12.7. The molecule has 0 bridgehead atoms. The van der Waals surface area contributed by atoms with Crippen LogP contribution in [0.4, 0.5) is 24.8 Å². The van der Waals surface area contributed by atoms with E-state index in [1.165, 1.54) is 0 Å². The topological polar surface area (TPSA) is 54.2 Å². The van der Waals surface area contributed by atoms with Gasteiger partial charge >= 0.3 is 6.18 Å². The quantitative estimate of drug-likeness (QED) is 0.898. The zero-order valence-electron chi connectivity index (χ0n) is 12.2. The van der Waals surface area contributed by atoms with E-state index in [4.69, 9.17) is 5.73 Å². The van der Waals surface area contributed by atoms with E-state index in [0.29, 0.717) is 18.5 Å². The fraction of sp³-hybridized carbons (Fsp3) is 0.643. The zero-order valence-corrected chi connectivity index (χ0v) is 12.2. The summed E-state index contributed by atoms with van der Waals surface area (Å²) in [6, 6.07) is 2.35. The van der Waals surface area contributed by atoms with Crippen LogP contribution in [0.5, 0.6) is 0 Å². The molecule has 0 aromatic carbocycles. The molecule has 1 saturated heterocycles. The molecule has 0 spiro atoms. The van der Waals surface area contributed by atoms with Gasteiger partial charge in [0.25, 0.3) is 0 Å². The van der Waals surface area contributed by atoms with Crippen molar-refractivity contribution in [2.24, 2.45) is 5.92 Å². The van der Waals surface area contributed by atoms with Crippen LogP contribution in [0, 0.1) is 5.92 Å². The van der Waals surface area contributed by atoms with E-state index in [9.17, 15) is 13.2 Å². The van der Waals surface area contributed by atoms with Gasteiger partial charge in [-0.15, -0.1) is 0 Å². The molecule has 0 aliphatic carbocycles. The van der Waals surface area contributed by atoms with Gasteiger partial charge in [-0.2, -0.15) is 13.2 Å². The molecular weight excluding hydrogens is 281 g/mol. The number of hydrogen-bond acceptors (Lipinski definition) is 4. The highest BCUT2D eigenvalue weighted by Gasteiger charge is 2.31. The maximum absolute atomic E-state index is 12.7. The van der Waals surface area contributed by atoms with Crippen molar-refractivity contribution in [3.8, 4) is 0 Å². The Hall–Kier alpha value is -1.50. The fourth-order valence-corrected chi connectivity index (χ4v) is 2.55. The average molecular weight is 302 g/mol. The minimum Gasteiger partial charge on any atom is -0.384 e. The molecule has 1 fully saturated rings. The summed E-state index contributed by atoms with van der Waals surface area (Å²) in [7, 11) is 0. The Morgan fingerprint density at radius 1 is 1.43 bits per heavy atom. The predicted octanol–water partition coefficient (Wildman–Crippen LogP) is 2.82. The molecule has 1 atom stereocenters. The number of nitrogens with one attached hydrogen (secondary N) is 1. The summed E-state index contributed by atoms with van der Waals surface area (Å²) in [6.45, 7) is 6.88. The van der Waals surface area contributed by atoms with Crippen molar-refractivity contribution in [2.45, 2.75) is 32.5 Å². The molecule has 0 radical (unpaired) electrons. The lowest BCUT2D eigenvalue weighted by atomic mass is 10.1. The standard InChI is InChI=1S/C14H21F3N4/c1-9(2)21-4-3-10(8-21)7-19-13-6-11(14(15,16)17)5-12(18)20-13/h5-6,9-10H,3-4,7-8H2,1-2H3,(H3,18,19,20). The Bertz CT molecular complexity index is 488. The van der Waals surface area contributed by atoms with Gasteiger partial charge in [-0.05, 0) is 44.9 Å². The molecule has 118 valence electrons. The third-order valence-corrected chi connectivity index (χ3v) is 3.79. The monoisotopic (exact) mass is 302 g/mol. The Balaban J connectivity index is 1.96. The number of anilines is 2. The number of nitrogens with two attached hydrogens (primary N) is 1. The molecule has 1 unspecified atom stereocenters. The maximum Gasteiger partial charge on any atom is 0.416 e. The van der Waals surface area contributed by atoms with E-state index in [0.717, 1.165) is 31.6 Å². The number of rotatable bonds is 4. The lowest BCUT2D eigenvalue weighted by Crippen LogP contribution is -2.29. The Morgan fingerprint density at radius 2 is 2.14 bits per heavy atom. The SMILES string of the molecule is CC(C)N1CCC(CNc2cc(C(F)(F)F)cc(N)n2)C1. The summed E-state index contributed by atoms with van der Waals surface area (Å²) in [6.07, 6.45) is -3.37. The summed E-state index contributed by atoms with van der Waals surface area (Å²) in [5.41, 5.74) is 4.67. The van der Waals surface area contributed by atoms with Gasteiger partial charge in [-0.25, -0.2) is 4.98 Å². The van der Waals surface area contributed by atoms with Crippen molar-refractivity contribution >= 4 is 11.6 Å². The second-order valence-electron chi connectivity index (χ2n) is 5.79. The second-order valence-corrected chi connectivity index (χ2v) is 5.79. The van der Waals surface area contributed by atoms with E-state index in [-0.39, 0.29) is 11.6 Å². The molecule has 3 N–H and O–H groups in total. The number of halogens is 3. The smallest absolute Gasteiger partial charge is 0.384 e. The first-order chi connectivity index (χ1) is 9.75. The van der Waals surface area contributed by atoms with Crippen molar-refractivity contribution in [3.63, 3.8) is 0 Å². The van der Waals surface area contributed by atoms with E-state index in [2.05, 4.69) is 29.0 Å². The summed E-state index contributed by atoms with van der Waals surface area (Å²) in [5, 5.41) is 2.98. The first-order valence-electron chi connectivity index (χ1n) is 7.08. The van der Waals surface area contributed by atoms with Crippen molar-refractivity contribution in [1.82, 2.24) is 9.88 Å². The van der Waals surface area contributed by atoms with Crippen LogP contribution >= 0.6 is 0 Å². The van der Waals surface area contributed by atoms with Crippen molar-refractivity contribution in [1.29, 1.82) is 0 Å². The number of pyridine rings is 1. The summed E-state index contributed by atoms with van der Waals surface area (Å²) in [5.74, 6) is 0.484. The molecule has 1 aliphatic heterocycles. The molecule has 0 saturated carbocycles. The summed E-state index contributed by atoms with van der Waals surface area (Å²) < 4.78 is 38.1. The highest BCUT2D eigenvalue weighted by atomic mass is 19.4. The average Bonchev–Trinajstić information content (AvgIpc) is 2.83. The molecule has 4 nitrogen and oxygen atoms in total. The number of alkyl halides is 3. The van der Waals surface area contributed by atoms with Crippen LogP contribution in [0.2, 0.25) is 0 Å². The number of nitrogens with zero attached hydrogens (tertiary/aromatic N) is 2. The highest BCUT2D eigenvalue weighted by molar-refractivity contribution is 5.47. The molecule has 0 amide bonds. The minimum atomic E-state index is -4.41. The van der Waals surface area contributed by atoms with E-state index >= 15 is 0 Å². The first-order valence-corrected chi connectivity index (χ1v) is 7.08. The van der Waals surface area contributed by atoms with Crippen LogP contribution in [0.15, 0.2) is 12.1 Å². The van der Waals surface area contributed by atoms with Crippen LogP contribution in [-0.2, 0) is 6.18 Å². The molecule has 21 heavy (non-hydrogen) atoms. The van der Waals surface area contributed by atoms with E-state index in [1.807, 2.05) is 0 Å². The van der Waals surface area contributed by atoms with Gasteiger partial charge in [0.2, 0.25) is 0 Å². The Kier molecular flexibility index (Phi) is 4.61. The Labute approximate surface area is 122 Å². The minimum absolute atomic E-state index is 0.123. The number of likely N-dealkylation sites (tertiary alicyclic amines) is 1. The van der Waals surface area contributed by atoms with E-state index in [1.54, 1.807) is 0 Å². The van der Waals surface area contributed by atoms with Crippen LogP contribution in [0.25, 0.3) is 0 Å². The van der Waals surface area contributed by atoms with Gasteiger partial charge in [0, 0.05) is 19.1 Å². The molecule has 1 aliphatic rings. The Morgan fingerprint density at radius 3 is 2.71 bits per heavy atom. The van der Waals surface area contributed by atoms with Gasteiger partial charge in [0.05, 0.1) is 5.56 Å². The van der Waals surface area contributed by atoms with Crippen molar-refractivity contribution in [3.05, 3.63) is 17.7 Å². The second kappa shape index (κ2) is 6.09. The van der Waals surface area contributed by atoms with Crippen LogP contribution in [0.1, 0.15) is 25.8 Å². The van der Waals surface area contributed by atoms with Crippen LogP contribution in [0.3, 0.4) is 0 Å². The van der Waals surface area contributed by atoms with Crippen molar-refractivity contribution in [2.75, 3.05) is 30.7 Å². The van der Waals surface area contributed by atoms with Crippen molar-refractivity contribution < 1.29 is 13.2 Å². The number of nitrogen functional groups attached to an aromatic ring is 1. The lowest BCUT2D eigenvalue weighted by molar-refractivity contribution is -0.137. The fourth-order valence-electron chi connectivity index (χ4n) is 2.55. The number of aromatic nitrogens is 1.